The predicted octanol–water partition coefficient (Wildman–Crippen LogP) is 4.48. The highest BCUT2D eigenvalue weighted by molar-refractivity contribution is 7.07. The Hall–Kier alpha value is -3.63. The fraction of sp³-hybridized carbons (Fsp3) is 0.160. The van der Waals surface area contributed by atoms with Crippen LogP contribution in [0.25, 0.3) is 17.0 Å². The number of H-pyrrole nitrogens is 1. The van der Waals surface area contributed by atoms with Crippen molar-refractivity contribution < 1.29 is 22.7 Å². The highest BCUT2D eigenvalue weighted by Gasteiger charge is 2.45. The number of fused-ring (bicyclic) bond motifs is 2. The Balaban J connectivity index is 1.81. The Labute approximate surface area is 210 Å². The van der Waals surface area contributed by atoms with Gasteiger partial charge in [0.15, 0.2) is 10.5 Å². The van der Waals surface area contributed by atoms with Crippen molar-refractivity contribution in [1.82, 2.24) is 9.55 Å². The summed E-state index contributed by atoms with van der Waals surface area (Å²) in [6, 6.07) is 11.9. The Morgan fingerprint density at radius 2 is 1.94 bits per heavy atom. The monoisotopic (exact) mass is 531 g/mol. The molecule has 5 rings (SSSR count). The lowest BCUT2D eigenvalue weighted by molar-refractivity contribution is -0.140. The van der Waals surface area contributed by atoms with Crippen molar-refractivity contribution in [2.24, 2.45) is 4.99 Å². The predicted molar refractivity (Wildman–Crippen MR) is 131 cm³/mol. The summed E-state index contributed by atoms with van der Waals surface area (Å²) in [7, 11) is 0. The number of carbonyl (C=O) groups is 1. The second kappa shape index (κ2) is 9.11. The minimum absolute atomic E-state index is 0.147. The first kappa shape index (κ1) is 24.1. The highest BCUT2D eigenvalue weighted by Crippen LogP contribution is 2.38. The maximum Gasteiger partial charge on any atom is 0.434 e. The lowest BCUT2D eigenvalue weighted by Crippen LogP contribution is -2.41. The molecule has 4 aromatic rings. The zero-order chi connectivity index (χ0) is 25.6. The van der Waals surface area contributed by atoms with Crippen LogP contribution in [-0.2, 0) is 9.53 Å². The number of carbonyl (C=O) groups excluding carboxylic acids is 1. The van der Waals surface area contributed by atoms with Crippen molar-refractivity contribution in [1.29, 1.82) is 0 Å². The van der Waals surface area contributed by atoms with Crippen LogP contribution in [0.4, 0.5) is 13.2 Å². The number of nitrogens with one attached hydrogen (secondary N) is 1. The van der Waals surface area contributed by atoms with Crippen LogP contribution in [0.15, 0.2) is 75.8 Å². The van der Waals surface area contributed by atoms with Crippen LogP contribution in [0.3, 0.4) is 0 Å². The molecule has 1 N–H and O–H groups in total. The van der Waals surface area contributed by atoms with Crippen LogP contribution >= 0.6 is 22.9 Å². The molecule has 2 aromatic heterocycles. The molecular weight excluding hydrogens is 515 g/mol. The van der Waals surface area contributed by atoms with Gasteiger partial charge in [-0.05, 0) is 36.8 Å². The number of thiazole rings is 1. The van der Waals surface area contributed by atoms with Crippen LogP contribution in [0.5, 0.6) is 0 Å². The number of esters is 1. The molecular formula is C25H17ClF3N3O3S. The Bertz CT molecular complexity index is 1700. The zero-order valence-corrected chi connectivity index (χ0v) is 20.2. The molecule has 0 unspecified atom stereocenters. The molecule has 2 aromatic carbocycles. The molecule has 0 fully saturated rings. The molecule has 0 radical (unpaired) electrons. The number of benzene rings is 2. The standard InChI is InChI=1S/C25H17ClF3N3O3S/c1-2-35-23(34)19-20(13-7-9-15(26)10-8-13)32-22(33)18(36-24(32)31-21(19)25(27,28)29)11-14-12-30-17-6-4-3-5-16(14)17/h3-12,20,30H,2H2,1H3/b18-11-/t20-/m1/s1. The normalized spacial score (nSPS) is 16.2. The second-order valence-corrected chi connectivity index (χ2v) is 9.35. The van der Waals surface area contributed by atoms with Crippen LogP contribution in [-0.4, -0.2) is 28.3 Å². The van der Waals surface area contributed by atoms with Gasteiger partial charge in [-0.2, -0.15) is 13.2 Å². The van der Waals surface area contributed by atoms with E-state index in [0.29, 0.717) is 10.6 Å². The van der Waals surface area contributed by atoms with Crippen LogP contribution in [0, 0.1) is 0 Å². The van der Waals surface area contributed by atoms with Gasteiger partial charge in [0.05, 0.1) is 22.8 Å². The lowest BCUT2D eigenvalue weighted by atomic mass is 9.95. The first-order chi connectivity index (χ1) is 17.2. The van der Waals surface area contributed by atoms with E-state index < -0.39 is 35.0 Å². The Morgan fingerprint density at radius 3 is 2.64 bits per heavy atom. The fourth-order valence-corrected chi connectivity index (χ4v) is 5.27. The summed E-state index contributed by atoms with van der Waals surface area (Å²) in [4.78, 5) is 33.1. The second-order valence-electron chi connectivity index (χ2n) is 7.90. The molecule has 6 nitrogen and oxygen atoms in total. The summed E-state index contributed by atoms with van der Waals surface area (Å²) >= 11 is 6.81. The summed E-state index contributed by atoms with van der Waals surface area (Å²) in [6.07, 6.45) is -1.65. The summed E-state index contributed by atoms with van der Waals surface area (Å²) < 4.78 is 48.7. The molecule has 1 aliphatic rings. The molecule has 0 spiro atoms. The lowest BCUT2D eigenvalue weighted by Gasteiger charge is -2.26. The summed E-state index contributed by atoms with van der Waals surface area (Å²) in [6.45, 7) is 1.34. The topological polar surface area (TPSA) is 76.4 Å². The van der Waals surface area contributed by atoms with Gasteiger partial charge in [0.25, 0.3) is 5.56 Å². The van der Waals surface area contributed by atoms with E-state index in [-0.39, 0.29) is 21.5 Å². The van der Waals surface area contributed by atoms with Gasteiger partial charge < -0.3 is 9.72 Å². The van der Waals surface area contributed by atoms with Crippen molar-refractivity contribution >= 4 is 45.9 Å². The molecule has 0 saturated carbocycles. The Kier molecular flexibility index (Phi) is 6.09. The number of para-hydroxylation sites is 1. The molecule has 3 heterocycles. The molecule has 1 aliphatic heterocycles. The number of allylic oxidation sites excluding steroid dienone is 1. The quantitative estimate of drug-likeness (QED) is 0.395. The van der Waals surface area contributed by atoms with Crippen LogP contribution < -0.4 is 14.9 Å². The third-order valence-electron chi connectivity index (χ3n) is 5.69. The van der Waals surface area contributed by atoms with Gasteiger partial charge in [-0.15, -0.1) is 0 Å². The van der Waals surface area contributed by atoms with E-state index in [0.717, 1.165) is 26.8 Å². The molecule has 11 heteroatoms. The third kappa shape index (κ3) is 4.16. The average molecular weight is 532 g/mol. The van der Waals surface area contributed by atoms with Gasteiger partial charge in [0.2, 0.25) is 0 Å². The number of alkyl halides is 3. The third-order valence-corrected chi connectivity index (χ3v) is 6.92. The smallest absolute Gasteiger partial charge is 0.434 e. The fourth-order valence-electron chi connectivity index (χ4n) is 4.16. The first-order valence-corrected chi connectivity index (χ1v) is 12.0. The number of aromatic nitrogens is 2. The number of nitrogens with zero attached hydrogens (tertiary/aromatic N) is 2. The molecule has 0 aliphatic carbocycles. The minimum Gasteiger partial charge on any atom is -0.463 e. The van der Waals surface area contributed by atoms with Crippen molar-refractivity contribution in [3.8, 4) is 0 Å². The molecule has 0 saturated heterocycles. The van der Waals surface area contributed by atoms with Gasteiger partial charge in [0, 0.05) is 27.7 Å². The number of halogens is 4. The van der Waals surface area contributed by atoms with Gasteiger partial charge >= 0.3 is 12.1 Å². The van der Waals surface area contributed by atoms with Gasteiger partial charge in [-0.25, -0.2) is 9.79 Å². The van der Waals surface area contributed by atoms with Gasteiger partial charge in [0.1, 0.15) is 0 Å². The number of hydrogen-bond acceptors (Lipinski definition) is 5. The summed E-state index contributed by atoms with van der Waals surface area (Å²) in [5.41, 5.74) is -0.913. The van der Waals surface area contributed by atoms with E-state index in [9.17, 15) is 22.8 Å². The number of hydrogen-bond donors (Lipinski definition) is 1. The Morgan fingerprint density at radius 1 is 1.22 bits per heavy atom. The SMILES string of the molecule is CCOC(=O)C1=C(C(F)(F)F)N=c2s/c(=C\c3c[nH]c4ccccc34)c(=O)n2[C@@H]1c1ccc(Cl)cc1. The van der Waals surface area contributed by atoms with Crippen LogP contribution in [0.2, 0.25) is 5.02 Å². The largest absolute Gasteiger partial charge is 0.463 e. The van der Waals surface area contributed by atoms with E-state index in [2.05, 4.69) is 9.98 Å². The van der Waals surface area contributed by atoms with E-state index in [1.165, 1.54) is 31.2 Å². The minimum atomic E-state index is -4.96. The summed E-state index contributed by atoms with van der Waals surface area (Å²) in [5.74, 6) is -1.19. The van der Waals surface area contributed by atoms with Crippen molar-refractivity contribution in [2.45, 2.75) is 19.1 Å². The van der Waals surface area contributed by atoms with E-state index in [1.54, 1.807) is 12.3 Å². The highest BCUT2D eigenvalue weighted by atomic mass is 35.5. The van der Waals surface area contributed by atoms with E-state index in [4.69, 9.17) is 16.3 Å². The number of rotatable bonds is 4. The molecule has 0 amide bonds. The molecule has 1 atom stereocenters. The van der Waals surface area contributed by atoms with Crippen molar-refractivity contribution in [3.63, 3.8) is 0 Å². The number of aromatic amines is 1. The van der Waals surface area contributed by atoms with Crippen LogP contribution in [0.1, 0.15) is 24.1 Å². The van der Waals surface area contributed by atoms with E-state index in [1.807, 2.05) is 24.3 Å². The van der Waals surface area contributed by atoms with Crippen molar-refractivity contribution in [3.05, 3.63) is 102 Å². The summed E-state index contributed by atoms with van der Waals surface area (Å²) in [5, 5.41) is 1.20. The van der Waals surface area contributed by atoms with Gasteiger partial charge in [-0.1, -0.05) is 53.3 Å². The molecule has 184 valence electrons. The molecule has 36 heavy (non-hydrogen) atoms. The van der Waals surface area contributed by atoms with Gasteiger partial charge in [-0.3, -0.25) is 9.36 Å². The average Bonchev–Trinajstić information content (AvgIpc) is 3.39. The maximum absolute atomic E-state index is 14.2. The van der Waals surface area contributed by atoms with E-state index >= 15 is 0 Å². The molecule has 0 bridgehead atoms. The zero-order valence-electron chi connectivity index (χ0n) is 18.6. The maximum atomic E-state index is 14.2. The first-order valence-electron chi connectivity index (χ1n) is 10.8. The number of ether oxygens (including phenoxy) is 1. The van der Waals surface area contributed by atoms with Crippen molar-refractivity contribution in [2.75, 3.05) is 6.61 Å².